The fraction of sp³-hybridized carbons (Fsp3) is 0.100. The van der Waals surface area contributed by atoms with Crippen LogP contribution in [0.4, 0.5) is 34.6 Å². The first kappa shape index (κ1) is 29.4. The van der Waals surface area contributed by atoms with E-state index in [1.165, 1.54) is 24.3 Å². The lowest BCUT2D eigenvalue weighted by Gasteiger charge is -2.42. The Labute approximate surface area is 272 Å². The van der Waals surface area contributed by atoms with Crippen LogP contribution < -0.4 is 37.7 Å². The van der Waals surface area contributed by atoms with Crippen LogP contribution in [-0.2, 0) is 5.41 Å². The topological polar surface area (TPSA) is 3.24 Å². The minimum absolute atomic E-state index is 0.0735. The summed E-state index contributed by atoms with van der Waals surface area (Å²) >= 11 is 0. The Morgan fingerprint density at radius 1 is 0.489 bits per heavy atom. The molecule has 0 aromatic heterocycles. The van der Waals surface area contributed by atoms with Gasteiger partial charge in [0, 0.05) is 16.3 Å². The first-order valence-electron chi connectivity index (χ1n) is 15.8. The van der Waals surface area contributed by atoms with E-state index in [2.05, 4.69) is 26.0 Å². The van der Waals surface area contributed by atoms with E-state index in [0.717, 1.165) is 22.5 Å². The highest BCUT2D eigenvalue weighted by Crippen LogP contribution is 2.51. The van der Waals surface area contributed by atoms with Crippen LogP contribution in [0.1, 0.15) is 30.5 Å². The molecule has 8 rings (SSSR count). The normalized spacial score (nSPS) is 14.3. The quantitative estimate of drug-likeness (QED) is 0.173. The molecule has 0 N–H and O–H groups in total. The maximum absolute atomic E-state index is 16.7. The zero-order valence-electron chi connectivity index (χ0n) is 26.2. The first-order valence-corrected chi connectivity index (χ1v) is 15.8. The number of hydrogen-bond acceptors (Lipinski definition) is 1. The molecule has 2 heterocycles. The summed E-state index contributed by atoms with van der Waals surface area (Å²) < 4.78 is 64.6. The lowest BCUT2D eigenvalue weighted by atomic mass is 9.21. The molecule has 1 nitrogen and oxygen atoms in total. The van der Waals surface area contributed by atoms with Gasteiger partial charge in [0.2, 0.25) is 13.4 Å². The minimum atomic E-state index is -0.830. The number of hydrogen-bond donors (Lipinski definition) is 0. The maximum atomic E-state index is 16.7. The second-order valence-corrected chi connectivity index (χ2v) is 13.1. The van der Waals surface area contributed by atoms with Crippen LogP contribution in [0.25, 0.3) is 0 Å². The Hall–Kier alpha value is -5.03. The average Bonchev–Trinajstić information content (AvgIpc) is 3.05. The van der Waals surface area contributed by atoms with Crippen molar-refractivity contribution in [1.29, 1.82) is 0 Å². The van der Waals surface area contributed by atoms with Gasteiger partial charge in [-0.25, -0.2) is 17.6 Å². The molecule has 228 valence electrons. The predicted octanol–water partition coefficient (Wildman–Crippen LogP) is 6.01. The molecule has 0 saturated carbocycles. The molecular formula is C40H29B2F4N. The molecule has 0 amide bonds. The minimum Gasteiger partial charge on any atom is -0.310 e. The molecule has 6 aromatic rings. The van der Waals surface area contributed by atoms with Gasteiger partial charge in [0.1, 0.15) is 23.3 Å². The molecule has 0 radical (unpaired) electrons. The van der Waals surface area contributed by atoms with Crippen LogP contribution in [-0.4, -0.2) is 13.4 Å². The molecule has 0 atom stereocenters. The number of halogens is 4. The molecule has 0 fully saturated rings. The molecule has 0 saturated heterocycles. The van der Waals surface area contributed by atoms with Crippen LogP contribution in [0.2, 0.25) is 0 Å². The van der Waals surface area contributed by atoms with Gasteiger partial charge in [-0.1, -0.05) is 121 Å². The molecule has 7 heteroatoms. The predicted molar refractivity (Wildman–Crippen MR) is 186 cm³/mol. The van der Waals surface area contributed by atoms with Crippen molar-refractivity contribution in [2.24, 2.45) is 0 Å². The van der Waals surface area contributed by atoms with Crippen molar-refractivity contribution in [2.45, 2.75) is 26.2 Å². The van der Waals surface area contributed by atoms with Crippen LogP contribution >= 0.6 is 0 Å². The summed E-state index contributed by atoms with van der Waals surface area (Å²) in [5.74, 6) is -2.69. The van der Waals surface area contributed by atoms with E-state index in [1.807, 2.05) is 41.3 Å². The van der Waals surface area contributed by atoms with Crippen molar-refractivity contribution in [1.82, 2.24) is 0 Å². The Balaban J connectivity index is 1.32. The summed E-state index contributed by atoms with van der Waals surface area (Å²) in [4.78, 5) is 1.92. The first-order chi connectivity index (χ1) is 22.7. The van der Waals surface area contributed by atoms with Gasteiger partial charge in [-0.15, -0.1) is 0 Å². The molecule has 47 heavy (non-hydrogen) atoms. The zero-order chi connectivity index (χ0) is 32.6. The van der Waals surface area contributed by atoms with E-state index in [4.69, 9.17) is 0 Å². The van der Waals surface area contributed by atoms with Crippen LogP contribution in [0, 0.1) is 30.2 Å². The highest BCUT2D eigenvalue weighted by atomic mass is 19.1. The Morgan fingerprint density at radius 3 is 1.23 bits per heavy atom. The molecule has 0 spiro atoms. The van der Waals surface area contributed by atoms with E-state index in [9.17, 15) is 0 Å². The van der Waals surface area contributed by atoms with E-state index in [-0.39, 0.29) is 16.3 Å². The van der Waals surface area contributed by atoms with Gasteiger partial charge >= 0.3 is 0 Å². The van der Waals surface area contributed by atoms with Gasteiger partial charge in [-0.3, -0.25) is 0 Å². The van der Waals surface area contributed by atoms with Crippen molar-refractivity contribution in [3.63, 3.8) is 0 Å². The van der Waals surface area contributed by atoms with E-state index in [0.29, 0.717) is 33.1 Å². The third-order valence-corrected chi connectivity index (χ3v) is 10.00. The number of anilines is 3. The van der Waals surface area contributed by atoms with Crippen molar-refractivity contribution in [3.8, 4) is 0 Å². The summed E-state index contributed by atoms with van der Waals surface area (Å²) in [7, 11) is 0. The van der Waals surface area contributed by atoms with E-state index in [1.54, 1.807) is 55.5 Å². The van der Waals surface area contributed by atoms with Crippen LogP contribution in [0.5, 0.6) is 0 Å². The maximum Gasteiger partial charge on any atom is 0.247 e. The number of benzene rings is 6. The smallest absolute Gasteiger partial charge is 0.247 e. The molecular weight excluding hydrogens is 592 g/mol. The van der Waals surface area contributed by atoms with Crippen molar-refractivity contribution in [2.75, 3.05) is 4.90 Å². The second kappa shape index (κ2) is 10.8. The standard InChI is InChI=1S/C40H29B2F4N/c1-24-20-32(43)38(33(44)21-24)41-28-14-6-8-16-30(28)42(31-17-9-7-15-29(31)41)39-34(45)22-25(23-35(39)46)47-36-18-10-4-12-26(36)40(2,3)27-13-5-11-19-37(27)47/h4-23H,1-3H3. The third-order valence-electron chi connectivity index (χ3n) is 10.00. The summed E-state index contributed by atoms with van der Waals surface area (Å²) in [6.45, 7) is 4.35. The summed E-state index contributed by atoms with van der Waals surface area (Å²) in [5.41, 5.74) is 6.64. The zero-order valence-corrected chi connectivity index (χ0v) is 26.2. The van der Waals surface area contributed by atoms with Gasteiger partial charge in [0.15, 0.2) is 0 Å². The van der Waals surface area contributed by atoms with Gasteiger partial charge in [-0.05, 0) is 60.0 Å². The molecule has 0 bridgehead atoms. The number of rotatable bonds is 3. The summed E-state index contributed by atoms with van der Waals surface area (Å²) in [6.07, 6.45) is 0. The van der Waals surface area contributed by atoms with Gasteiger partial charge < -0.3 is 4.90 Å². The second-order valence-electron chi connectivity index (χ2n) is 13.1. The van der Waals surface area contributed by atoms with Gasteiger partial charge in [0.05, 0.1) is 17.1 Å². The van der Waals surface area contributed by atoms with Gasteiger partial charge in [-0.2, -0.15) is 0 Å². The fourth-order valence-electron chi connectivity index (χ4n) is 7.94. The monoisotopic (exact) mass is 621 g/mol. The molecule has 6 aromatic carbocycles. The number of aryl methyl sites for hydroxylation is 1. The summed E-state index contributed by atoms with van der Waals surface area (Å²) in [5, 5.41) is 0. The van der Waals surface area contributed by atoms with Crippen molar-refractivity contribution in [3.05, 3.63) is 161 Å². The van der Waals surface area contributed by atoms with Crippen LogP contribution in [0.3, 0.4) is 0 Å². The molecule has 2 aliphatic rings. The Bertz CT molecular complexity index is 2090. The van der Waals surface area contributed by atoms with Gasteiger partial charge in [0.25, 0.3) is 0 Å². The Morgan fingerprint density at radius 2 is 0.830 bits per heavy atom. The Kier molecular flexibility index (Phi) is 6.73. The van der Waals surface area contributed by atoms with E-state index >= 15 is 17.6 Å². The highest BCUT2D eigenvalue weighted by Gasteiger charge is 2.43. The number of fused-ring (bicyclic) bond motifs is 4. The fourth-order valence-corrected chi connectivity index (χ4v) is 7.94. The molecule has 0 unspecified atom stereocenters. The molecule has 0 aliphatic carbocycles. The average molecular weight is 621 g/mol. The lowest BCUT2D eigenvalue weighted by Crippen LogP contribution is -2.76. The largest absolute Gasteiger partial charge is 0.310 e. The molecule has 2 aliphatic heterocycles. The number of nitrogens with zero attached hydrogens (tertiary/aromatic N) is 1. The lowest BCUT2D eigenvalue weighted by molar-refractivity contribution is 0.594. The van der Waals surface area contributed by atoms with Crippen molar-refractivity contribution < 1.29 is 17.6 Å². The van der Waals surface area contributed by atoms with E-state index < -0.39 is 36.7 Å². The SMILES string of the molecule is Cc1cc(F)c(B2c3ccccc3B(c3c(F)cc(N4c5ccccc5C(C)(C)c5ccccc54)cc3F)c3ccccc32)c(F)c1. The van der Waals surface area contributed by atoms with Crippen molar-refractivity contribution >= 4 is 63.3 Å². The number of para-hydroxylation sites is 2. The highest BCUT2D eigenvalue weighted by molar-refractivity contribution is 7.11. The summed E-state index contributed by atoms with van der Waals surface area (Å²) in [6, 6.07) is 35.8. The third kappa shape index (κ3) is 4.40. The van der Waals surface area contributed by atoms with Crippen LogP contribution in [0.15, 0.2) is 121 Å².